The topological polar surface area (TPSA) is 94.4 Å². The van der Waals surface area contributed by atoms with Gasteiger partial charge in [-0.2, -0.15) is 0 Å². The summed E-state index contributed by atoms with van der Waals surface area (Å²) >= 11 is 0. The van der Waals surface area contributed by atoms with Crippen molar-refractivity contribution in [2.75, 3.05) is 5.32 Å². The lowest BCUT2D eigenvalue weighted by Gasteiger charge is -2.19. The van der Waals surface area contributed by atoms with Gasteiger partial charge in [-0.05, 0) is 42.8 Å². The maximum Gasteiger partial charge on any atom is 0.412 e. The van der Waals surface area contributed by atoms with E-state index in [0.717, 1.165) is 0 Å². The van der Waals surface area contributed by atoms with Gasteiger partial charge in [0, 0.05) is 6.92 Å². The van der Waals surface area contributed by atoms with Crippen LogP contribution in [0.3, 0.4) is 0 Å². The monoisotopic (exact) mass is 253 g/mol. The zero-order chi connectivity index (χ0) is 13.9. The van der Waals surface area contributed by atoms with E-state index in [2.05, 4.69) is 10.3 Å². The lowest BCUT2D eigenvalue weighted by Crippen LogP contribution is -2.27. The first-order chi connectivity index (χ1) is 8.19. The molecule has 0 radical (unpaired) electrons. The maximum atomic E-state index is 11.5. The van der Waals surface area contributed by atoms with Crippen molar-refractivity contribution in [2.45, 2.75) is 33.3 Å². The molecule has 0 bridgehead atoms. The van der Waals surface area contributed by atoms with Crippen molar-refractivity contribution in [1.82, 2.24) is 4.98 Å². The Morgan fingerprint density at radius 2 is 2.06 bits per heavy atom. The SMILES string of the molecule is Cc1ccc(NC(=O)OC(C)(C)C)c([N+](=O)[O-])n1. The Balaban J connectivity index is 2.91. The van der Waals surface area contributed by atoms with Gasteiger partial charge in [0.15, 0.2) is 0 Å². The van der Waals surface area contributed by atoms with Crippen LogP contribution < -0.4 is 5.32 Å². The average Bonchev–Trinajstić information content (AvgIpc) is 2.17. The lowest BCUT2D eigenvalue weighted by atomic mass is 10.2. The van der Waals surface area contributed by atoms with Crippen LogP contribution in [0.2, 0.25) is 0 Å². The van der Waals surface area contributed by atoms with Gasteiger partial charge in [-0.3, -0.25) is 5.32 Å². The second-order valence-corrected chi connectivity index (χ2v) is 4.71. The molecular formula is C11H15N3O4. The zero-order valence-corrected chi connectivity index (χ0v) is 10.7. The van der Waals surface area contributed by atoms with Gasteiger partial charge in [-0.1, -0.05) is 0 Å². The average molecular weight is 253 g/mol. The third kappa shape index (κ3) is 4.00. The van der Waals surface area contributed by atoms with Gasteiger partial charge in [0.1, 0.15) is 17.0 Å². The van der Waals surface area contributed by atoms with Crippen LogP contribution in [0, 0.1) is 17.0 Å². The number of hydrogen-bond donors (Lipinski definition) is 1. The molecule has 1 N–H and O–H groups in total. The van der Waals surface area contributed by atoms with Gasteiger partial charge in [-0.25, -0.2) is 4.79 Å². The van der Waals surface area contributed by atoms with E-state index in [-0.39, 0.29) is 5.69 Å². The second-order valence-electron chi connectivity index (χ2n) is 4.71. The van der Waals surface area contributed by atoms with Gasteiger partial charge >= 0.3 is 11.9 Å². The largest absolute Gasteiger partial charge is 0.444 e. The zero-order valence-electron chi connectivity index (χ0n) is 10.7. The van der Waals surface area contributed by atoms with E-state index in [1.807, 2.05) is 0 Å². The first-order valence-corrected chi connectivity index (χ1v) is 5.31. The first-order valence-electron chi connectivity index (χ1n) is 5.31. The standard InChI is InChI=1S/C11H15N3O4/c1-7-5-6-8(9(12-7)14(16)17)13-10(15)18-11(2,3)4/h5-6H,1-4H3,(H,13,15). The van der Waals surface area contributed by atoms with Crippen LogP contribution in [0.5, 0.6) is 0 Å². The first kappa shape index (κ1) is 13.9. The molecule has 0 aliphatic carbocycles. The van der Waals surface area contributed by atoms with Gasteiger partial charge in [0.05, 0.1) is 0 Å². The number of amides is 1. The summed E-state index contributed by atoms with van der Waals surface area (Å²) in [6.45, 7) is 6.74. The number of ether oxygens (including phenoxy) is 1. The van der Waals surface area contributed by atoms with E-state index in [1.54, 1.807) is 33.8 Å². The molecule has 0 aliphatic heterocycles. The highest BCUT2D eigenvalue weighted by molar-refractivity contribution is 5.87. The summed E-state index contributed by atoms with van der Waals surface area (Å²) in [5.41, 5.74) is -0.159. The van der Waals surface area contributed by atoms with Crippen molar-refractivity contribution >= 4 is 17.6 Å². The number of pyridine rings is 1. The number of hydrogen-bond acceptors (Lipinski definition) is 5. The molecule has 0 saturated heterocycles. The number of nitrogens with zero attached hydrogens (tertiary/aromatic N) is 2. The molecule has 1 rings (SSSR count). The smallest absolute Gasteiger partial charge is 0.412 e. The van der Waals surface area contributed by atoms with Crippen molar-refractivity contribution in [3.05, 3.63) is 27.9 Å². The maximum absolute atomic E-state index is 11.5. The number of aryl methyl sites for hydroxylation is 1. The van der Waals surface area contributed by atoms with Crippen molar-refractivity contribution in [2.24, 2.45) is 0 Å². The third-order valence-electron chi connectivity index (χ3n) is 1.82. The Kier molecular flexibility index (Phi) is 3.85. The summed E-state index contributed by atoms with van der Waals surface area (Å²) in [7, 11) is 0. The highest BCUT2D eigenvalue weighted by atomic mass is 16.6. The van der Waals surface area contributed by atoms with E-state index in [0.29, 0.717) is 5.69 Å². The van der Waals surface area contributed by atoms with Crippen LogP contribution in [-0.2, 0) is 4.74 Å². The Morgan fingerprint density at radius 1 is 1.44 bits per heavy atom. The molecule has 98 valence electrons. The van der Waals surface area contributed by atoms with Crippen LogP contribution in [0.4, 0.5) is 16.3 Å². The summed E-state index contributed by atoms with van der Waals surface area (Å²) in [5.74, 6) is -0.402. The molecule has 0 unspecified atom stereocenters. The Labute approximate surface area is 104 Å². The summed E-state index contributed by atoms with van der Waals surface area (Å²) in [4.78, 5) is 25.4. The molecule has 1 aromatic heterocycles. The molecular weight excluding hydrogens is 238 g/mol. The van der Waals surface area contributed by atoms with Crippen molar-refractivity contribution in [3.63, 3.8) is 0 Å². The number of nitrogens with one attached hydrogen (secondary N) is 1. The quantitative estimate of drug-likeness (QED) is 0.645. The minimum Gasteiger partial charge on any atom is -0.444 e. The minimum atomic E-state index is -0.753. The number of carbonyl (C=O) groups is 1. The lowest BCUT2D eigenvalue weighted by molar-refractivity contribution is -0.388. The molecule has 18 heavy (non-hydrogen) atoms. The molecule has 1 amide bonds. The van der Waals surface area contributed by atoms with Gasteiger partial charge in [0.25, 0.3) is 0 Å². The third-order valence-corrected chi connectivity index (χ3v) is 1.82. The predicted octanol–water partition coefficient (Wildman–Crippen LogP) is 2.65. The second kappa shape index (κ2) is 4.99. The van der Waals surface area contributed by atoms with Crippen LogP contribution in [0.1, 0.15) is 26.5 Å². The fraction of sp³-hybridized carbons (Fsp3) is 0.455. The van der Waals surface area contributed by atoms with Gasteiger partial charge in [-0.15, -0.1) is 0 Å². The number of carbonyl (C=O) groups excluding carboxylic acids is 1. The van der Waals surface area contributed by atoms with E-state index in [9.17, 15) is 14.9 Å². The van der Waals surface area contributed by atoms with Crippen LogP contribution in [0.15, 0.2) is 12.1 Å². The van der Waals surface area contributed by atoms with Gasteiger partial charge in [0.2, 0.25) is 0 Å². The van der Waals surface area contributed by atoms with Crippen LogP contribution in [-0.4, -0.2) is 21.6 Å². The van der Waals surface area contributed by atoms with E-state index < -0.39 is 22.4 Å². The van der Waals surface area contributed by atoms with E-state index in [4.69, 9.17) is 4.74 Å². The molecule has 0 saturated carbocycles. The molecule has 0 aliphatic rings. The summed E-state index contributed by atoms with van der Waals surface area (Å²) < 4.78 is 5.01. The molecule has 0 atom stereocenters. The molecule has 1 aromatic rings. The number of rotatable bonds is 2. The Morgan fingerprint density at radius 3 is 2.56 bits per heavy atom. The highest BCUT2D eigenvalue weighted by Gasteiger charge is 2.21. The van der Waals surface area contributed by atoms with Crippen molar-refractivity contribution in [3.8, 4) is 0 Å². The van der Waals surface area contributed by atoms with Gasteiger partial charge < -0.3 is 14.9 Å². The predicted molar refractivity (Wildman–Crippen MR) is 65.5 cm³/mol. The van der Waals surface area contributed by atoms with Crippen LogP contribution >= 0.6 is 0 Å². The highest BCUT2D eigenvalue weighted by Crippen LogP contribution is 2.22. The summed E-state index contributed by atoms with van der Waals surface area (Å²) in [6.07, 6.45) is -0.753. The number of nitro groups is 1. The normalized spacial score (nSPS) is 10.9. The molecule has 7 heteroatoms. The fourth-order valence-corrected chi connectivity index (χ4v) is 1.19. The summed E-state index contributed by atoms with van der Waals surface area (Å²) in [5, 5.41) is 13.1. The fourth-order valence-electron chi connectivity index (χ4n) is 1.19. The molecule has 0 aromatic carbocycles. The molecule has 7 nitrogen and oxygen atoms in total. The Hall–Kier alpha value is -2.18. The molecule has 0 spiro atoms. The van der Waals surface area contributed by atoms with E-state index in [1.165, 1.54) is 6.07 Å². The molecule has 0 fully saturated rings. The van der Waals surface area contributed by atoms with Crippen molar-refractivity contribution in [1.29, 1.82) is 0 Å². The molecule has 1 heterocycles. The number of anilines is 1. The summed E-state index contributed by atoms with van der Waals surface area (Å²) in [6, 6.07) is 2.99. The number of aromatic nitrogens is 1. The van der Waals surface area contributed by atoms with E-state index >= 15 is 0 Å². The van der Waals surface area contributed by atoms with Crippen molar-refractivity contribution < 1.29 is 14.5 Å². The Bertz CT molecular complexity index is 480. The van der Waals surface area contributed by atoms with Crippen LogP contribution in [0.25, 0.3) is 0 Å². The minimum absolute atomic E-state index is 0.0138.